The first kappa shape index (κ1) is 21.3. The predicted octanol–water partition coefficient (Wildman–Crippen LogP) is 8.36. The van der Waals surface area contributed by atoms with Gasteiger partial charge in [-0.3, -0.25) is 14.2 Å². The van der Waals surface area contributed by atoms with Gasteiger partial charge in [0.15, 0.2) is 0 Å². The van der Waals surface area contributed by atoms with Gasteiger partial charge in [0.1, 0.15) is 0 Å². The van der Waals surface area contributed by atoms with Crippen molar-refractivity contribution in [3.8, 4) is 0 Å². The minimum absolute atomic E-state index is 0.127. The van der Waals surface area contributed by atoms with Crippen LogP contribution in [0, 0.1) is 0 Å². The van der Waals surface area contributed by atoms with E-state index in [2.05, 4.69) is 58.5 Å². The number of unbranched alkanes of at least 4 members (excludes halogenated alkanes) is 1. The highest BCUT2D eigenvalue weighted by molar-refractivity contribution is 14.2. The van der Waals surface area contributed by atoms with Crippen molar-refractivity contribution in [1.82, 2.24) is 4.57 Å². The van der Waals surface area contributed by atoms with Crippen molar-refractivity contribution >= 4 is 107 Å². The second-order valence-corrected chi connectivity index (χ2v) is 11.9. The van der Waals surface area contributed by atoms with Gasteiger partial charge >= 0.3 is 0 Å². The highest BCUT2D eigenvalue weighted by Crippen LogP contribution is 2.53. The third kappa shape index (κ3) is 2.42. The van der Waals surface area contributed by atoms with E-state index in [0.717, 1.165) is 56.0 Å². The first-order valence-corrected chi connectivity index (χ1v) is 15.4. The third-order valence-corrected chi connectivity index (χ3v) is 10.0. The minimum Gasteiger partial charge on any atom is -0.271 e. The smallest absolute Gasteiger partial charge is 0.262 e. The molecule has 1 heterocycles. The predicted molar refractivity (Wildman–Crippen MR) is 158 cm³/mol. The van der Waals surface area contributed by atoms with E-state index >= 15 is 0 Å². The van der Waals surface area contributed by atoms with Crippen LogP contribution >= 0.6 is 42.8 Å². The van der Waals surface area contributed by atoms with Gasteiger partial charge in [0.05, 0.1) is 10.8 Å². The zero-order valence-corrected chi connectivity index (χ0v) is 22.5. The number of aromatic nitrogens is 1. The Morgan fingerprint density at radius 1 is 0.853 bits per heavy atom. The van der Waals surface area contributed by atoms with Crippen molar-refractivity contribution in [1.29, 1.82) is 0 Å². The van der Waals surface area contributed by atoms with Gasteiger partial charge in [0.25, 0.3) is 11.1 Å². The summed E-state index contributed by atoms with van der Waals surface area (Å²) in [6, 6.07) is 12.7. The maximum atomic E-state index is 13.9. The number of thiol groups is 1. The van der Waals surface area contributed by atoms with Crippen LogP contribution in [0.15, 0.2) is 55.8 Å². The molecule has 0 amide bonds. The average Bonchev–Trinajstić information content (AvgIpc) is 3.33. The molecule has 34 heavy (non-hydrogen) atoms. The second kappa shape index (κ2) is 7.24. The molecule has 0 saturated heterocycles. The van der Waals surface area contributed by atoms with Crippen LogP contribution in [0.2, 0.25) is 0 Å². The molecule has 0 N–H and O–H groups in total. The van der Waals surface area contributed by atoms with E-state index in [1.54, 1.807) is 8.93 Å². The number of hydrogen-bond acceptors (Lipinski definition) is 4. The van der Waals surface area contributed by atoms with E-state index in [9.17, 15) is 9.59 Å². The fraction of sp³-hybridized carbons (Fsp3) is 0.214. The maximum absolute atomic E-state index is 13.9. The molecule has 0 aliphatic carbocycles. The highest BCUT2D eigenvalue weighted by Gasteiger charge is 2.29. The van der Waals surface area contributed by atoms with E-state index in [4.69, 9.17) is 12.6 Å². The molecule has 0 aliphatic heterocycles. The number of fused-ring (bicyclic) bond motifs is 3. The molecule has 0 spiro atoms. The topological polar surface area (TPSA) is 39.1 Å². The van der Waals surface area contributed by atoms with E-state index < -0.39 is 0 Å². The van der Waals surface area contributed by atoms with Crippen molar-refractivity contribution in [3.63, 3.8) is 0 Å². The minimum atomic E-state index is -0.163. The number of halogens is 1. The Morgan fingerprint density at radius 3 is 2.09 bits per heavy atom. The van der Waals surface area contributed by atoms with E-state index in [0.29, 0.717) is 10.8 Å². The Morgan fingerprint density at radius 2 is 1.44 bits per heavy atom. The summed E-state index contributed by atoms with van der Waals surface area (Å²) in [7, 11) is 1.66. The Hall–Kier alpha value is -2.03. The summed E-state index contributed by atoms with van der Waals surface area (Å²) in [5.41, 5.74) is -0.317. The Kier molecular flexibility index (Phi) is 4.53. The molecule has 3 nitrogen and oxygen atoms in total. The van der Waals surface area contributed by atoms with Crippen LogP contribution in [0.4, 0.5) is 0 Å². The van der Waals surface area contributed by atoms with E-state index in [1.807, 2.05) is 13.0 Å². The van der Waals surface area contributed by atoms with Crippen LogP contribution in [-0.4, -0.2) is 4.57 Å². The molecule has 1 aromatic heterocycles. The highest BCUT2D eigenvalue weighted by atomic mass is 127. The summed E-state index contributed by atoms with van der Waals surface area (Å²) in [4.78, 5) is 29.8. The van der Waals surface area contributed by atoms with Crippen LogP contribution < -0.4 is 11.1 Å². The summed E-state index contributed by atoms with van der Waals surface area (Å²) < 4.78 is 1.51. The monoisotopic (exact) mass is 593 g/mol. The summed E-state index contributed by atoms with van der Waals surface area (Å²) in [6.07, 6.45) is 2.85. The van der Waals surface area contributed by atoms with Gasteiger partial charge in [0.2, 0.25) is 0 Å². The molecule has 0 bridgehead atoms. The second-order valence-electron chi connectivity index (χ2n) is 9.49. The largest absolute Gasteiger partial charge is 0.271 e. The zero-order valence-electron chi connectivity index (χ0n) is 18.7. The number of rotatable bonds is 5. The Balaban J connectivity index is 1.83. The summed E-state index contributed by atoms with van der Waals surface area (Å²) in [5, 5.41) is 12.2. The molecule has 1 unspecified atom stereocenters. The molecule has 1 atom stereocenters. The molecule has 0 radical (unpaired) electrons. The van der Waals surface area contributed by atoms with Gasteiger partial charge in [0, 0.05) is 37.0 Å². The van der Waals surface area contributed by atoms with Crippen LogP contribution in [-0.2, 0) is 0 Å². The molecule has 7 aromatic rings. The Labute approximate surface area is 216 Å². The van der Waals surface area contributed by atoms with Gasteiger partial charge in [-0.25, -0.2) is 0 Å². The third-order valence-electron chi connectivity index (χ3n) is 7.73. The maximum Gasteiger partial charge on any atom is 0.262 e. The van der Waals surface area contributed by atoms with Gasteiger partial charge in [-0.2, -0.15) is 0 Å². The molecule has 0 saturated carbocycles. The lowest BCUT2D eigenvalue weighted by Gasteiger charge is -2.10. The van der Waals surface area contributed by atoms with Gasteiger partial charge in [-0.05, 0) is 79.3 Å². The first-order valence-electron chi connectivity index (χ1n) is 11.6. The normalized spacial score (nSPS) is 13.9. The summed E-state index contributed by atoms with van der Waals surface area (Å²) in [5.74, 6) is 0. The zero-order chi connectivity index (χ0) is 23.5. The molecule has 0 fully saturated rings. The lowest BCUT2D eigenvalue weighted by molar-refractivity contribution is 0.469. The van der Waals surface area contributed by atoms with Crippen molar-refractivity contribution < 1.29 is 0 Å². The SMILES string of the molecule is CCCCC(C)n1c(=O)c2c3cc(S)c4ccc5ccc6c(SI)cc(c2c1=O)c1c6c5c4c31. The summed E-state index contributed by atoms with van der Waals surface area (Å²) >= 11 is 7.17. The Bertz CT molecular complexity index is 2010. The van der Waals surface area contributed by atoms with Crippen molar-refractivity contribution in [2.24, 2.45) is 0 Å². The van der Waals surface area contributed by atoms with Crippen LogP contribution in [0.1, 0.15) is 39.2 Å². The number of nitrogens with zero attached hydrogens (tertiary/aromatic N) is 1. The van der Waals surface area contributed by atoms with E-state index in [1.165, 1.54) is 31.5 Å². The molecular weight excluding hydrogens is 573 g/mol. The molecular formula is C28H20INO2S2. The van der Waals surface area contributed by atoms with Crippen molar-refractivity contribution in [2.75, 3.05) is 0 Å². The van der Waals surface area contributed by atoms with Gasteiger partial charge in [-0.15, -0.1) is 12.6 Å². The standard InChI is InChI=1S/C28H20INO2S2/c1-3-4-5-12(2)30-27(31)25-16-10-18(33)14-8-6-13-7-9-15-19(34-29)11-17(26(25)28(30)32)24-22(15)20(13)21(14)23(16)24/h6-12,33H,3-5H2,1-2H3. The van der Waals surface area contributed by atoms with Crippen LogP contribution in [0.5, 0.6) is 0 Å². The quantitative estimate of drug-likeness (QED) is 0.124. The molecule has 6 aromatic carbocycles. The lowest BCUT2D eigenvalue weighted by Crippen LogP contribution is -2.28. The fourth-order valence-electron chi connectivity index (χ4n) is 6.25. The van der Waals surface area contributed by atoms with Crippen molar-refractivity contribution in [2.45, 2.75) is 48.9 Å². The van der Waals surface area contributed by atoms with Crippen LogP contribution in [0.3, 0.4) is 0 Å². The van der Waals surface area contributed by atoms with Crippen molar-refractivity contribution in [3.05, 3.63) is 57.1 Å². The molecule has 0 aliphatic rings. The molecule has 6 heteroatoms. The van der Waals surface area contributed by atoms with Gasteiger partial charge in [-0.1, -0.05) is 53.0 Å². The van der Waals surface area contributed by atoms with Crippen LogP contribution in [0.25, 0.3) is 64.6 Å². The fourth-order valence-corrected chi connectivity index (χ4v) is 8.07. The molecule has 168 valence electrons. The summed E-state index contributed by atoms with van der Waals surface area (Å²) in [6.45, 7) is 4.13. The first-order chi connectivity index (χ1) is 16.5. The lowest BCUT2D eigenvalue weighted by atomic mass is 9.95. The number of benzene rings is 5. The molecule has 7 rings (SSSR count). The number of hydrogen-bond donors (Lipinski definition) is 1. The van der Waals surface area contributed by atoms with Gasteiger partial charge < -0.3 is 0 Å². The average molecular weight is 594 g/mol. The van der Waals surface area contributed by atoms with E-state index in [-0.39, 0.29) is 17.2 Å².